The highest BCUT2D eigenvalue weighted by atomic mass is 35.5. The summed E-state index contributed by atoms with van der Waals surface area (Å²) in [6.07, 6.45) is 0. The number of carbonyl (C=O) groups is 1. The van der Waals surface area contributed by atoms with Crippen LogP contribution in [0.25, 0.3) is 11.3 Å². The lowest BCUT2D eigenvalue weighted by atomic mass is 9.96. The molecule has 94 valence electrons. The highest BCUT2D eigenvalue weighted by molar-refractivity contribution is 6.30. The fourth-order valence-corrected chi connectivity index (χ4v) is 1.92. The third kappa shape index (κ3) is 2.38. The van der Waals surface area contributed by atoms with Gasteiger partial charge in [-0.1, -0.05) is 36.7 Å². The number of carboxylic acids is 1. The van der Waals surface area contributed by atoms with Gasteiger partial charge in [-0.2, -0.15) is 0 Å². The van der Waals surface area contributed by atoms with E-state index in [0.717, 1.165) is 11.1 Å². The van der Waals surface area contributed by atoms with E-state index in [1.54, 1.807) is 12.1 Å². The van der Waals surface area contributed by atoms with Gasteiger partial charge in [0.2, 0.25) is 0 Å². The third-order valence-corrected chi connectivity index (χ3v) is 2.87. The summed E-state index contributed by atoms with van der Waals surface area (Å²) in [5, 5.41) is 12.9. The predicted octanol–water partition coefficient (Wildman–Crippen LogP) is 3.82. The first-order valence-corrected chi connectivity index (χ1v) is 5.86. The Hall–Kier alpha value is -1.81. The highest BCUT2D eigenvalue weighted by Gasteiger charge is 2.16. The molecule has 2 rings (SSSR count). The minimum atomic E-state index is -1.11. The van der Waals surface area contributed by atoms with Gasteiger partial charge >= 0.3 is 5.97 Å². The van der Waals surface area contributed by atoms with E-state index in [2.05, 4.69) is 5.16 Å². The van der Waals surface area contributed by atoms with Crippen molar-refractivity contribution in [3.05, 3.63) is 40.5 Å². The zero-order chi connectivity index (χ0) is 13.3. The average Bonchev–Trinajstić information content (AvgIpc) is 2.77. The van der Waals surface area contributed by atoms with Crippen molar-refractivity contribution in [2.45, 2.75) is 19.8 Å². The zero-order valence-electron chi connectivity index (χ0n) is 9.98. The first kappa shape index (κ1) is 12.6. The lowest BCUT2D eigenvalue weighted by Gasteiger charge is -2.10. The fraction of sp³-hybridized carbons (Fsp3) is 0.231. The first-order valence-electron chi connectivity index (χ1n) is 5.49. The van der Waals surface area contributed by atoms with E-state index >= 15 is 0 Å². The number of halogens is 1. The molecule has 5 heteroatoms. The molecule has 0 saturated carbocycles. The van der Waals surface area contributed by atoms with E-state index in [1.807, 2.05) is 19.9 Å². The van der Waals surface area contributed by atoms with Gasteiger partial charge in [-0.3, -0.25) is 0 Å². The van der Waals surface area contributed by atoms with Gasteiger partial charge in [0.25, 0.3) is 0 Å². The zero-order valence-corrected chi connectivity index (χ0v) is 10.7. The van der Waals surface area contributed by atoms with Crippen molar-refractivity contribution in [2.75, 3.05) is 0 Å². The van der Waals surface area contributed by atoms with Gasteiger partial charge in [0.1, 0.15) is 0 Å². The van der Waals surface area contributed by atoms with E-state index in [9.17, 15) is 4.79 Å². The molecule has 0 bridgehead atoms. The maximum atomic E-state index is 10.8. The molecule has 1 N–H and O–H groups in total. The molecule has 0 radical (unpaired) electrons. The van der Waals surface area contributed by atoms with E-state index in [4.69, 9.17) is 21.2 Å². The Morgan fingerprint density at radius 1 is 1.39 bits per heavy atom. The number of hydrogen-bond acceptors (Lipinski definition) is 3. The quantitative estimate of drug-likeness (QED) is 0.916. The minimum Gasteiger partial charge on any atom is -0.476 e. The maximum Gasteiger partial charge on any atom is 0.358 e. The van der Waals surface area contributed by atoms with Crippen molar-refractivity contribution in [3.63, 3.8) is 0 Å². The molecule has 0 aliphatic rings. The van der Waals surface area contributed by atoms with E-state index < -0.39 is 5.97 Å². The van der Waals surface area contributed by atoms with Crippen LogP contribution in [0.2, 0.25) is 5.02 Å². The van der Waals surface area contributed by atoms with Crippen LogP contribution in [0.15, 0.2) is 28.8 Å². The van der Waals surface area contributed by atoms with Gasteiger partial charge in [0, 0.05) is 16.7 Å². The lowest BCUT2D eigenvalue weighted by Crippen LogP contribution is -1.95. The molecule has 1 heterocycles. The minimum absolute atomic E-state index is 0.111. The van der Waals surface area contributed by atoms with Crippen molar-refractivity contribution in [3.8, 4) is 11.3 Å². The average molecular weight is 266 g/mol. The number of hydrogen-bond donors (Lipinski definition) is 1. The second-order valence-corrected chi connectivity index (χ2v) is 4.70. The van der Waals surface area contributed by atoms with E-state index in [1.165, 1.54) is 6.07 Å². The molecule has 0 amide bonds. The van der Waals surface area contributed by atoms with Gasteiger partial charge in [0.15, 0.2) is 11.5 Å². The summed E-state index contributed by atoms with van der Waals surface area (Å²) >= 11 is 5.96. The van der Waals surface area contributed by atoms with Crippen molar-refractivity contribution >= 4 is 17.6 Å². The molecule has 0 fully saturated rings. The standard InChI is InChI=1S/C13H12ClNO3/c1-7(2)9-4-3-8(14)5-10(9)12-6-11(13(16)17)15-18-12/h3-7H,1-2H3,(H,16,17). The van der Waals surface area contributed by atoms with Crippen LogP contribution in [0.5, 0.6) is 0 Å². The summed E-state index contributed by atoms with van der Waals surface area (Å²) in [4.78, 5) is 10.8. The van der Waals surface area contributed by atoms with Crippen LogP contribution in [0.4, 0.5) is 0 Å². The molecular weight excluding hydrogens is 254 g/mol. The van der Waals surface area contributed by atoms with Crippen LogP contribution in [0.1, 0.15) is 35.8 Å². The van der Waals surface area contributed by atoms with Crippen LogP contribution >= 0.6 is 11.6 Å². The predicted molar refractivity (Wildman–Crippen MR) is 68.0 cm³/mol. The normalized spacial score (nSPS) is 10.9. The maximum absolute atomic E-state index is 10.8. The van der Waals surface area contributed by atoms with Crippen molar-refractivity contribution < 1.29 is 14.4 Å². The Balaban J connectivity index is 2.54. The van der Waals surface area contributed by atoms with Gasteiger partial charge in [-0.05, 0) is 23.6 Å². The molecule has 1 aromatic carbocycles. The largest absolute Gasteiger partial charge is 0.476 e. The van der Waals surface area contributed by atoms with Gasteiger partial charge < -0.3 is 9.63 Å². The smallest absolute Gasteiger partial charge is 0.358 e. The Kier molecular flexibility index (Phi) is 3.39. The molecule has 2 aromatic rings. The fourth-order valence-electron chi connectivity index (χ4n) is 1.75. The van der Waals surface area contributed by atoms with Crippen LogP contribution in [0.3, 0.4) is 0 Å². The molecular formula is C13H12ClNO3. The van der Waals surface area contributed by atoms with Crippen molar-refractivity contribution in [2.24, 2.45) is 0 Å². The number of nitrogens with zero attached hydrogens (tertiary/aromatic N) is 1. The van der Waals surface area contributed by atoms with Gasteiger partial charge in [-0.15, -0.1) is 0 Å². The molecule has 0 aliphatic heterocycles. The molecule has 0 aliphatic carbocycles. The van der Waals surface area contributed by atoms with E-state index in [-0.39, 0.29) is 11.6 Å². The van der Waals surface area contributed by atoms with Crippen LogP contribution in [-0.2, 0) is 0 Å². The Morgan fingerprint density at radius 3 is 2.67 bits per heavy atom. The molecule has 4 nitrogen and oxygen atoms in total. The molecule has 18 heavy (non-hydrogen) atoms. The van der Waals surface area contributed by atoms with Gasteiger partial charge in [-0.25, -0.2) is 4.79 Å². The number of aromatic nitrogens is 1. The molecule has 1 aromatic heterocycles. The first-order chi connectivity index (χ1) is 8.49. The molecule has 0 unspecified atom stereocenters. The van der Waals surface area contributed by atoms with Crippen molar-refractivity contribution in [1.82, 2.24) is 5.16 Å². The number of carboxylic acid groups (broad SMARTS) is 1. The summed E-state index contributed by atoms with van der Waals surface area (Å²) in [5.41, 5.74) is 1.70. The molecule has 0 atom stereocenters. The summed E-state index contributed by atoms with van der Waals surface area (Å²) in [6, 6.07) is 6.86. The third-order valence-electron chi connectivity index (χ3n) is 2.63. The number of aromatic carboxylic acids is 1. The SMILES string of the molecule is CC(C)c1ccc(Cl)cc1-c1cc(C(=O)O)no1. The Bertz CT molecular complexity index is 590. The lowest BCUT2D eigenvalue weighted by molar-refractivity contribution is 0.0686. The summed E-state index contributed by atoms with van der Waals surface area (Å²) < 4.78 is 5.07. The van der Waals surface area contributed by atoms with Crippen LogP contribution < -0.4 is 0 Å². The molecule has 0 saturated heterocycles. The summed E-state index contributed by atoms with van der Waals surface area (Å²) in [7, 11) is 0. The topological polar surface area (TPSA) is 63.3 Å². The highest BCUT2D eigenvalue weighted by Crippen LogP contribution is 2.32. The number of rotatable bonds is 3. The summed E-state index contributed by atoms with van der Waals surface area (Å²) in [5.74, 6) is -0.424. The molecule has 0 spiro atoms. The van der Waals surface area contributed by atoms with E-state index in [0.29, 0.717) is 10.8 Å². The summed E-state index contributed by atoms with van der Waals surface area (Å²) in [6.45, 7) is 4.09. The monoisotopic (exact) mass is 265 g/mol. The van der Waals surface area contributed by atoms with Crippen LogP contribution in [0, 0.1) is 0 Å². The number of benzene rings is 1. The van der Waals surface area contributed by atoms with Crippen molar-refractivity contribution in [1.29, 1.82) is 0 Å². The van der Waals surface area contributed by atoms with Gasteiger partial charge in [0.05, 0.1) is 0 Å². The Morgan fingerprint density at radius 2 is 2.11 bits per heavy atom. The second kappa shape index (κ2) is 4.82. The van der Waals surface area contributed by atoms with Crippen LogP contribution in [-0.4, -0.2) is 16.2 Å². The second-order valence-electron chi connectivity index (χ2n) is 4.27. The Labute approximate surface area is 109 Å².